The molecule has 0 amide bonds. The van der Waals surface area contributed by atoms with Crippen molar-refractivity contribution in [3.63, 3.8) is 0 Å². The lowest BCUT2D eigenvalue weighted by Gasteiger charge is -2.11. The molecule has 1 rings (SSSR count). The van der Waals surface area contributed by atoms with Crippen LogP contribution in [0.3, 0.4) is 0 Å². The summed E-state index contributed by atoms with van der Waals surface area (Å²) in [6.07, 6.45) is -0.958. The summed E-state index contributed by atoms with van der Waals surface area (Å²) in [6.45, 7) is 0. The zero-order valence-corrected chi connectivity index (χ0v) is 7.27. The number of aliphatic hydroxyl groups excluding tert-OH is 1. The zero-order valence-electron chi connectivity index (χ0n) is 7.27. The summed E-state index contributed by atoms with van der Waals surface area (Å²) in [4.78, 5) is 12.1. The third-order valence-corrected chi connectivity index (χ3v) is 1.64. The third kappa shape index (κ3) is 1.20. The first-order valence-corrected chi connectivity index (χ1v) is 3.50. The van der Waals surface area contributed by atoms with Gasteiger partial charge < -0.3 is 10.0 Å². The number of likely N-dealkylation sites (N-methyl/N-ethyl adjacent to an activating group) is 2. The highest BCUT2D eigenvalue weighted by Crippen LogP contribution is 2.15. The zero-order chi connectivity index (χ0) is 9.30. The second kappa shape index (κ2) is 2.97. The molecule has 0 radical (unpaired) electrons. The summed E-state index contributed by atoms with van der Waals surface area (Å²) >= 11 is 0. The third-order valence-electron chi connectivity index (χ3n) is 1.64. The lowest BCUT2D eigenvalue weighted by atomic mass is 10.2. The van der Waals surface area contributed by atoms with Crippen LogP contribution in [-0.2, 0) is 4.79 Å². The molecule has 0 spiro atoms. The average Bonchev–Trinajstić information content (AvgIpc) is 2.29. The van der Waals surface area contributed by atoms with Crippen molar-refractivity contribution in [1.82, 2.24) is 9.91 Å². The van der Waals surface area contributed by atoms with Crippen LogP contribution in [-0.4, -0.2) is 54.2 Å². The molecular formula is C7H11N3O2. The monoisotopic (exact) mass is 169 g/mol. The lowest BCUT2D eigenvalue weighted by molar-refractivity contribution is 0.0719. The molecule has 0 saturated carbocycles. The van der Waals surface area contributed by atoms with Crippen LogP contribution in [0.4, 0.5) is 0 Å². The van der Waals surface area contributed by atoms with Crippen molar-refractivity contribution in [2.75, 3.05) is 21.1 Å². The topological polar surface area (TPSA) is 56.1 Å². The van der Waals surface area contributed by atoms with Crippen LogP contribution in [0.5, 0.6) is 0 Å². The van der Waals surface area contributed by atoms with Crippen molar-refractivity contribution >= 4 is 11.8 Å². The van der Waals surface area contributed by atoms with E-state index in [0.29, 0.717) is 5.84 Å². The number of hydrogen-bond acceptors (Lipinski definition) is 5. The minimum absolute atomic E-state index is 0.183. The van der Waals surface area contributed by atoms with Crippen molar-refractivity contribution < 1.29 is 9.90 Å². The van der Waals surface area contributed by atoms with E-state index in [0.717, 1.165) is 0 Å². The van der Waals surface area contributed by atoms with Crippen LogP contribution in [0.2, 0.25) is 0 Å². The van der Waals surface area contributed by atoms with Gasteiger partial charge in [-0.1, -0.05) is 0 Å². The molecule has 1 aliphatic heterocycles. The van der Waals surface area contributed by atoms with E-state index < -0.39 is 6.23 Å². The highest BCUT2D eigenvalue weighted by Gasteiger charge is 2.30. The van der Waals surface area contributed by atoms with Gasteiger partial charge in [-0.15, -0.1) is 0 Å². The molecule has 12 heavy (non-hydrogen) atoms. The van der Waals surface area contributed by atoms with Crippen LogP contribution >= 0.6 is 0 Å². The number of hydrazone groups is 1. The molecule has 66 valence electrons. The van der Waals surface area contributed by atoms with Gasteiger partial charge >= 0.3 is 0 Å². The Morgan fingerprint density at radius 2 is 2.25 bits per heavy atom. The first-order chi connectivity index (χ1) is 5.57. The van der Waals surface area contributed by atoms with Crippen molar-refractivity contribution in [1.29, 1.82) is 0 Å². The Balaban J connectivity index is 3.02. The van der Waals surface area contributed by atoms with Gasteiger partial charge in [0, 0.05) is 21.1 Å². The Morgan fingerprint density at radius 1 is 1.67 bits per heavy atom. The fourth-order valence-corrected chi connectivity index (χ4v) is 0.989. The van der Waals surface area contributed by atoms with Crippen LogP contribution in [0.25, 0.3) is 0 Å². The molecule has 0 saturated heterocycles. The highest BCUT2D eigenvalue weighted by atomic mass is 16.3. The Kier molecular flexibility index (Phi) is 2.17. The Labute approximate surface area is 70.6 Å². The fourth-order valence-electron chi connectivity index (χ4n) is 0.989. The van der Waals surface area contributed by atoms with E-state index in [1.807, 2.05) is 0 Å². The molecule has 1 aliphatic rings. The van der Waals surface area contributed by atoms with E-state index in [1.54, 1.807) is 32.0 Å². The molecule has 0 aromatic rings. The number of aliphatic hydroxyl groups is 1. The molecular weight excluding hydrogens is 158 g/mol. The van der Waals surface area contributed by atoms with Crippen molar-refractivity contribution in [3.8, 4) is 0 Å². The Morgan fingerprint density at radius 3 is 2.58 bits per heavy atom. The number of rotatable bonds is 0. The van der Waals surface area contributed by atoms with Gasteiger partial charge in [-0.05, 0) is 0 Å². The smallest absolute Gasteiger partial charge is 0.182 e. The van der Waals surface area contributed by atoms with Crippen LogP contribution in [0, 0.1) is 0 Å². The molecule has 0 bridgehead atoms. The maximum absolute atomic E-state index is 10.4. The Hall–Kier alpha value is -1.32. The number of nitrogens with zero attached hydrogens (tertiary/aromatic N) is 3. The van der Waals surface area contributed by atoms with Gasteiger partial charge in [0.15, 0.2) is 12.1 Å². The molecule has 5 nitrogen and oxygen atoms in total. The second-order valence-corrected chi connectivity index (χ2v) is 2.78. The molecule has 1 heterocycles. The first kappa shape index (κ1) is 8.77. The van der Waals surface area contributed by atoms with E-state index in [4.69, 9.17) is 0 Å². The van der Waals surface area contributed by atoms with Crippen molar-refractivity contribution in [2.45, 2.75) is 6.23 Å². The maximum atomic E-state index is 10.4. The van der Waals surface area contributed by atoms with E-state index >= 15 is 0 Å². The summed E-state index contributed by atoms with van der Waals surface area (Å²) in [5.41, 5.74) is 0.183. The largest absolute Gasteiger partial charge is 0.367 e. The summed E-state index contributed by atoms with van der Waals surface area (Å²) in [6, 6.07) is 0. The molecule has 0 aromatic carbocycles. The fraction of sp³-hybridized carbons (Fsp3) is 0.571. The highest BCUT2D eigenvalue weighted by molar-refractivity contribution is 6.06. The molecule has 1 atom stereocenters. The van der Waals surface area contributed by atoms with Gasteiger partial charge in [0.05, 0.1) is 0 Å². The minimum Gasteiger partial charge on any atom is -0.367 e. The van der Waals surface area contributed by atoms with Crippen molar-refractivity contribution in [3.05, 3.63) is 5.57 Å². The lowest BCUT2D eigenvalue weighted by Crippen LogP contribution is -2.27. The predicted octanol–water partition coefficient (Wildman–Crippen LogP) is -1.12. The van der Waals surface area contributed by atoms with Gasteiger partial charge in [-0.3, -0.25) is 5.01 Å². The van der Waals surface area contributed by atoms with Crippen LogP contribution in [0.1, 0.15) is 0 Å². The van der Waals surface area contributed by atoms with Gasteiger partial charge in [-0.25, -0.2) is 4.79 Å². The summed E-state index contributed by atoms with van der Waals surface area (Å²) in [5, 5.41) is 14.6. The molecule has 1 N–H and O–H groups in total. The van der Waals surface area contributed by atoms with Crippen molar-refractivity contribution in [2.24, 2.45) is 5.10 Å². The summed E-state index contributed by atoms with van der Waals surface area (Å²) in [7, 11) is 5.10. The van der Waals surface area contributed by atoms with E-state index in [1.165, 1.54) is 5.01 Å². The van der Waals surface area contributed by atoms with Gasteiger partial charge in [0.1, 0.15) is 11.5 Å². The summed E-state index contributed by atoms with van der Waals surface area (Å²) < 4.78 is 0. The normalized spacial score (nSPS) is 22.3. The molecule has 5 heteroatoms. The minimum atomic E-state index is -0.958. The van der Waals surface area contributed by atoms with Gasteiger partial charge in [-0.2, -0.15) is 5.10 Å². The van der Waals surface area contributed by atoms with Gasteiger partial charge in [0.25, 0.3) is 0 Å². The maximum Gasteiger partial charge on any atom is 0.182 e. The number of hydrogen-bond donors (Lipinski definition) is 1. The van der Waals surface area contributed by atoms with E-state index in [2.05, 4.69) is 5.10 Å². The number of amidine groups is 1. The quantitative estimate of drug-likeness (QED) is 0.467. The molecule has 0 fully saturated rings. The van der Waals surface area contributed by atoms with E-state index in [-0.39, 0.29) is 5.57 Å². The standard InChI is InChI=1S/C7H11N3O2/c1-9(2)6-5(4-11)7(12)10(3)8-6/h7,12H,1-3H3. The number of carbonyl (C=O) groups excluding carboxylic acids is 1. The second-order valence-electron chi connectivity index (χ2n) is 2.78. The van der Waals surface area contributed by atoms with Gasteiger partial charge in [0.2, 0.25) is 0 Å². The average molecular weight is 169 g/mol. The molecule has 0 aromatic heterocycles. The predicted molar refractivity (Wildman–Crippen MR) is 44.1 cm³/mol. The first-order valence-electron chi connectivity index (χ1n) is 3.50. The Bertz CT molecular complexity index is 266. The summed E-state index contributed by atoms with van der Waals surface area (Å²) in [5.74, 6) is 2.14. The molecule has 0 aliphatic carbocycles. The van der Waals surface area contributed by atoms with Crippen LogP contribution in [0.15, 0.2) is 10.7 Å². The SMILES string of the molecule is CN(C)C1=NN(C)C(O)C1=C=O. The molecule has 1 unspecified atom stereocenters. The van der Waals surface area contributed by atoms with Crippen LogP contribution < -0.4 is 0 Å². The van der Waals surface area contributed by atoms with E-state index in [9.17, 15) is 9.90 Å².